The molecule has 1 aromatic heterocycles. The Balaban J connectivity index is 1.62. The lowest BCUT2D eigenvalue weighted by Crippen LogP contribution is -2.35. The topological polar surface area (TPSA) is 12.0 Å². The Morgan fingerprint density at radius 3 is 2.58 bits per heavy atom. The Kier molecular flexibility index (Phi) is 4.28. The summed E-state index contributed by atoms with van der Waals surface area (Å²) in [6.07, 6.45) is 8.21. The van der Waals surface area contributed by atoms with Crippen molar-refractivity contribution in [2.75, 3.05) is 6.54 Å². The van der Waals surface area contributed by atoms with Gasteiger partial charge in [0, 0.05) is 15.8 Å². The minimum absolute atomic E-state index is 0.749. The van der Waals surface area contributed by atoms with E-state index in [1.807, 2.05) is 11.3 Å². The number of hydrogen-bond donors (Lipinski definition) is 1. The average molecular weight is 277 g/mol. The van der Waals surface area contributed by atoms with Crippen molar-refractivity contribution in [3.8, 4) is 0 Å². The van der Waals surface area contributed by atoms with E-state index in [0.29, 0.717) is 0 Å². The van der Waals surface area contributed by atoms with E-state index in [2.05, 4.69) is 31.3 Å². The van der Waals surface area contributed by atoms with Crippen LogP contribution >= 0.6 is 11.3 Å². The maximum absolute atomic E-state index is 3.84. The predicted octanol–water partition coefficient (Wildman–Crippen LogP) is 4.27. The van der Waals surface area contributed by atoms with Gasteiger partial charge < -0.3 is 5.32 Å². The molecule has 1 heterocycles. The van der Waals surface area contributed by atoms with E-state index in [4.69, 9.17) is 0 Å². The maximum atomic E-state index is 3.84. The van der Waals surface area contributed by atoms with Crippen LogP contribution in [-0.2, 0) is 12.8 Å². The summed E-state index contributed by atoms with van der Waals surface area (Å²) < 4.78 is 0. The molecule has 2 fully saturated rings. The van der Waals surface area contributed by atoms with Gasteiger partial charge in [-0.25, -0.2) is 0 Å². The Morgan fingerprint density at radius 2 is 1.95 bits per heavy atom. The second-order valence-electron chi connectivity index (χ2n) is 6.32. The minimum Gasteiger partial charge on any atom is -0.313 e. The summed E-state index contributed by atoms with van der Waals surface area (Å²) in [5.74, 6) is 3.13. The SMILES string of the molecule is CCCNC(Cc1ccc(CC)s1)C1C2CCCC21. The standard InChI is InChI=1S/C17H27NS/c1-3-10-18-16(17-14-6-5-7-15(14)17)11-13-9-8-12(4-2)19-13/h8-9,14-18H,3-7,10-11H2,1-2H3. The van der Waals surface area contributed by atoms with Crippen molar-refractivity contribution >= 4 is 11.3 Å². The quantitative estimate of drug-likeness (QED) is 0.785. The normalized spacial score (nSPS) is 30.3. The van der Waals surface area contributed by atoms with Crippen LogP contribution in [0.25, 0.3) is 0 Å². The fraction of sp³-hybridized carbons (Fsp3) is 0.765. The molecule has 0 aromatic carbocycles. The highest BCUT2D eigenvalue weighted by Gasteiger charge is 2.55. The summed E-state index contributed by atoms with van der Waals surface area (Å²) in [5.41, 5.74) is 0. The number of thiophene rings is 1. The highest BCUT2D eigenvalue weighted by molar-refractivity contribution is 7.11. The third kappa shape index (κ3) is 2.90. The number of fused-ring (bicyclic) bond motifs is 1. The molecule has 0 spiro atoms. The van der Waals surface area contributed by atoms with Crippen LogP contribution in [-0.4, -0.2) is 12.6 Å². The van der Waals surface area contributed by atoms with Crippen LogP contribution in [0.15, 0.2) is 12.1 Å². The van der Waals surface area contributed by atoms with Crippen molar-refractivity contribution in [3.63, 3.8) is 0 Å². The molecule has 0 bridgehead atoms. The second kappa shape index (κ2) is 5.97. The first-order chi connectivity index (χ1) is 9.33. The van der Waals surface area contributed by atoms with Crippen molar-refractivity contribution in [2.24, 2.45) is 17.8 Å². The van der Waals surface area contributed by atoms with Crippen LogP contribution < -0.4 is 5.32 Å². The molecular weight excluding hydrogens is 250 g/mol. The van der Waals surface area contributed by atoms with Gasteiger partial charge in [-0.2, -0.15) is 0 Å². The molecule has 1 nitrogen and oxygen atoms in total. The smallest absolute Gasteiger partial charge is 0.0149 e. The molecule has 0 saturated heterocycles. The minimum atomic E-state index is 0.749. The molecule has 0 aliphatic heterocycles. The highest BCUT2D eigenvalue weighted by Crippen LogP contribution is 2.59. The number of nitrogens with one attached hydrogen (secondary N) is 1. The van der Waals surface area contributed by atoms with E-state index in [9.17, 15) is 0 Å². The van der Waals surface area contributed by atoms with Gasteiger partial charge in [-0.3, -0.25) is 0 Å². The third-order valence-electron chi connectivity index (χ3n) is 5.08. The molecule has 2 saturated carbocycles. The molecule has 2 aliphatic rings. The molecule has 1 N–H and O–H groups in total. The summed E-state index contributed by atoms with van der Waals surface area (Å²) in [7, 11) is 0. The van der Waals surface area contributed by atoms with E-state index >= 15 is 0 Å². The second-order valence-corrected chi connectivity index (χ2v) is 7.58. The Bertz CT molecular complexity index is 401. The lowest BCUT2D eigenvalue weighted by atomic mass is 10.0. The first kappa shape index (κ1) is 13.6. The van der Waals surface area contributed by atoms with Gasteiger partial charge in [0.2, 0.25) is 0 Å². The van der Waals surface area contributed by atoms with Crippen LogP contribution in [0, 0.1) is 17.8 Å². The van der Waals surface area contributed by atoms with Crippen LogP contribution in [0.5, 0.6) is 0 Å². The summed E-state index contributed by atoms with van der Waals surface area (Å²) in [4.78, 5) is 3.13. The third-order valence-corrected chi connectivity index (χ3v) is 6.33. The zero-order valence-electron chi connectivity index (χ0n) is 12.3. The van der Waals surface area contributed by atoms with Gasteiger partial charge in [-0.1, -0.05) is 20.3 Å². The lowest BCUT2D eigenvalue weighted by Gasteiger charge is -2.20. The lowest BCUT2D eigenvalue weighted by molar-refractivity contribution is 0.405. The molecule has 0 radical (unpaired) electrons. The largest absolute Gasteiger partial charge is 0.313 e. The van der Waals surface area contributed by atoms with Crippen molar-refractivity contribution < 1.29 is 0 Å². The van der Waals surface area contributed by atoms with Gasteiger partial charge in [0.25, 0.3) is 0 Å². The molecule has 3 rings (SSSR count). The monoisotopic (exact) mass is 277 g/mol. The summed E-state index contributed by atoms with van der Waals surface area (Å²) in [6.45, 7) is 5.72. The molecule has 3 unspecified atom stereocenters. The number of hydrogen-bond acceptors (Lipinski definition) is 2. The summed E-state index contributed by atoms with van der Waals surface area (Å²) >= 11 is 2.03. The van der Waals surface area contributed by atoms with Crippen LogP contribution in [0.2, 0.25) is 0 Å². The van der Waals surface area contributed by atoms with Gasteiger partial charge in [0.1, 0.15) is 0 Å². The molecule has 2 heteroatoms. The molecule has 2 aliphatic carbocycles. The van der Waals surface area contributed by atoms with Gasteiger partial charge in [0.15, 0.2) is 0 Å². The molecule has 19 heavy (non-hydrogen) atoms. The molecule has 1 aromatic rings. The van der Waals surface area contributed by atoms with Crippen molar-refractivity contribution in [1.82, 2.24) is 5.32 Å². The van der Waals surface area contributed by atoms with E-state index < -0.39 is 0 Å². The molecule has 3 atom stereocenters. The van der Waals surface area contributed by atoms with Crippen LogP contribution in [0.3, 0.4) is 0 Å². The Hall–Kier alpha value is -0.340. The van der Waals surface area contributed by atoms with E-state index in [0.717, 1.165) is 23.8 Å². The van der Waals surface area contributed by atoms with Crippen molar-refractivity contribution in [2.45, 2.75) is 58.4 Å². The first-order valence-corrected chi connectivity index (χ1v) is 8.96. The van der Waals surface area contributed by atoms with Gasteiger partial charge in [-0.05, 0) is 68.5 Å². The van der Waals surface area contributed by atoms with Crippen LogP contribution in [0.1, 0.15) is 49.3 Å². The fourth-order valence-electron chi connectivity index (χ4n) is 4.09. The van der Waals surface area contributed by atoms with E-state index in [-0.39, 0.29) is 0 Å². The average Bonchev–Trinajstić information content (AvgIpc) is 2.85. The van der Waals surface area contributed by atoms with E-state index in [1.54, 1.807) is 9.75 Å². The predicted molar refractivity (Wildman–Crippen MR) is 83.8 cm³/mol. The van der Waals surface area contributed by atoms with Gasteiger partial charge >= 0.3 is 0 Å². The first-order valence-electron chi connectivity index (χ1n) is 8.14. The Morgan fingerprint density at radius 1 is 1.21 bits per heavy atom. The molecular formula is C17H27NS. The van der Waals surface area contributed by atoms with Crippen LogP contribution in [0.4, 0.5) is 0 Å². The van der Waals surface area contributed by atoms with Crippen molar-refractivity contribution in [3.05, 3.63) is 21.9 Å². The van der Waals surface area contributed by atoms with Gasteiger partial charge in [0.05, 0.1) is 0 Å². The number of aryl methyl sites for hydroxylation is 1. The fourth-order valence-corrected chi connectivity index (χ4v) is 5.10. The molecule has 106 valence electrons. The Labute approximate surface area is 121 Å². The van der Waals surface area contributed by atoms with Gasteiger partial charge in [-0.15, -0.1) is 11.3 Å². The maximum Gasteiger partial charge on any atom is 0.0149 e. The van der Waals surface area contributed by atoms with E-state index in [1.165, 1.54) is 45.1 Å². The summed E-state index contributed by atoms with van der Waals surface area (Å²) in [5, 5.41) is 3.84. The number of rotatable bonds is 7. The van der Waals surface area contributed by atoms with Crippen molar-refractivity contribution in [1.29, 1.82) is 0 Å². The zero-order chi connectivity index (χ0) is 13.2. The molecule has 0 amide bonds. The summed E-state index contributed by atoms with van der Waals surface area (Å²) in [6, 6.07) is 5.44. The highest BCUT2D eigenvalue weighted by atomic mass is 32.1. The zero-order valence-corrected chi connectivity index (χ0v) is 13.1.